The van der Waals surface area contributed by atoms with Crippen LogP contribution >= 0.6 is 15.9 Å². The highest BCUT2D eigenvalue weighted by Crippen LogP contribution is 2.38. The van der Waals surface area contributed by atoms with Crippen molar-refractivity contribution in [2.75, 3.05) is 0 Å². The van der Waals surface area contributed by atoms with Gasteiger partial charge in [0, 0.05) is 4.47 Å². The fourth-order valence-electron chi connectivity index (χ4n) is 5.95. The first-order chi connectivity index (χ1) is 24.8. The number of rotatable bonds is 2. The molecule has 0 atom stereocenters. The number of alkyl halides is 6. The summed E-state index contributed by atoms with van der Waals surface area (Å²) in [5.41, 5.74) is 0.356. The largest absolute Gasteiger partial charge is 0.488 e. The van der Waals surface area contributed by atoms with Crippen LogP contribution in [-0.2, 0) is 12.4 Å². The van der Waals surface area contributed by atoms with Crippen LogP contribution in [0.2, 0.25) is 0 Å². The van der Waals surface area contributed by atoms with Crippen molar-refractivity contribution in [1.29, 1.82) is 0 Å². The average Bonchev–Trinajstić information content (AvgIpc) is 3.14. The van der Waals surface area contributed by atoms with Gasteiger partial charge in [0.2, 0.25) is 0 Å². The van der Waals surface area contributed by atoms with Crippen LogP contribution in [-0.4, -0.2) is 17.2 Å². The van der Waals surface area contributed by atoms with Gasteiger partial charge in [-0.2, -0.15) is 26.3 Å². The summed E-state index contributed by atoms with van der Waals surface area (Å²) in [7, 11) is -1.73. The molecule has 0 fully saturated rings. The standard InChI is InChI=1S/C21H13F3.C14H9Br.C7H6BF3O2/c22-21(23,24)17-11-9-14(10-12-17)20-18-7-3-1-5-15(18)13-16-6-2-4-8-19(16)20;15-14-12-7-3-1-5-10(12)9-11-6-2-4-8-13(11)14;9-7(10,11)5-1-3-6(4-2-5)8(12)13/h1-13H;1-9H;1-4,12-13H. The number of benzene rings is 8. The first-order valence-corrected chi connectivity index (χ1v) is 16.8. The SMILES string of the molecule is Brc1c2ccccc2cc2ccccc12.FC(F)(F)c1ccc(-c2c3ccccc3cc3ccccc23)cc1.OB(O)c1ccc(C(F)(F)F)cc1. The Labute approximate surface area is 303 Å². The van der Waals surface area contributed by atoms with Gasteiger partial charge in [0.15, 0.2) is 0 Å². The highest BCUT2D eigenvalue weighted by Gasteiger charge is 2.31. The molecule has 10 heteroatoms. The Balaban J connectivity index is 0.000000143. The number of hydrogen-bond acceptors (Lipinski definition) is 2. The molecule has 0 aliphatic heterocycles. The van der Waals surface area contributed by atoms with Crippen LogP contribution in [0.1, 0.15) is 11.1 Å². The summed E-state index contributed by atoms with van der Waals surface area (Å²) in [6.07, 6.45) is -8.71. The van der Waals surface area contributed by atoms with E-state index < -0.39 is 30.6 Å². The zero-order valence-corrected chi connectivity index (χ0v) is 28.7. The molecule has 0 saturated carbocycles. The normalized spacial score (nSPS) is 11.6. The molecule has 0 aliphatic rings. The highest BCUT2D eigenvalue weighted by atomic mass is 79.9. The molecule has 52 heavy (non-hydrogen) atoms. The minimum absolute atomic E-state index is 0.0352. The third-order valence-corrected chi connectivity index (χ3v) is 9.37. The van der Waals surface area contributed by atoms with Crippen LogP contribution < -0.4 is 5.46 Å². The van der Waals surface area contributed by atoms with Gasteiger partial charge in [-0.05, 0) is 99.9 Å². The molecule has 260 valence electrons. The molecule has 0 unspecified atom stereocenters. The van der Waals surface area contributed by atoms with Crippen LogP contribution in [0.25, 0.3) is 54.2 Å². The van der Waals surface area contributed by atoms with Crippen LogP contribution in [0.5, 0.6) is 0 Å². The minimum atomic E-state index is -4.39. The first-order valence-electron chi connectivity index (χ1n) is 16.0. The fraction of sp³-hybridized carbons (Fsp3) is 0.0476. The summed E-state index contributed by atoms with van der Waals surface area (Å²) in [5, 5.41) is 26.5. The molecular weight excluding hydrogens is 741 g/mol. The summed E-state index contributed by atoms with van der Waals surface area (Å²) in [5.74, 6) is 0. The quantitative estimate of drug-likeness (QED) is 0.104. The van der Waals surface area contributed by atoms with Gasteiger partial charge in [-0.15, -0.1) is 0 Å². The van der Waals surface area contributed by atoms with E-state index in [-0.39, 0.29) is 5.46 Å². The lowest BCUT2D eigenvalue weighted by atomic mass is 9.80. The predicted octanol–water partition coefficient (Wildman–Crippen LogP) is 11.8. The van der Waals surface area contributed by atoms with E-state index in [1.165, 1.54) is 26.0 Å². The van der Waals surface area contributed by atoms with E-state index in [0.29, 0.717) is 0 Å². The Kier molecular flexibility index (Phi) is 10.7. The Morgan fingerprint density at radius 3 is 1.12 bits per heavy atom. The topological polar surface area (TPSA) is 40.5 Å². The smallest absolute Gasteiger partial charge is 0.423 e. The first kappa shape index (κ1) is 36.6. The van der Waals surface area contributed by atoms with E-state index in [4.69, 9.17) is 10.0 Å². The Morgan fingerprint density at radius 2 is 0.750 bits per heavy atom. The second kappa shape index (κ2) is 15.2. The summed E-state index contributed by atoms with van der Waals surface area (Å²) in [6.45, 7) is 0. The molecular formula is C42H28BBrF6O2. The van der Waals surface area contributed by atoms with Crippen LogP contribution in [0.15, 0.2) is 162 Å². The van der Waals surface area contributed by atoms with E-state index in [0.717, 1.165) is 69.1 Å². The number of hydrogen-bond donors (Lipinski definition) is 2. The third-order valence-electron chi connectivity index (χ3n) is 8.51. The van der Waals surface area contributed by atoms with Crippen molar-refractivity contribution in [3.8, 4) is 11.1 Å². The van der Waals surface area contributed by atoms with Crippen LogP contribution in [0.4, 0.5) is 26.3 Å². The molecule has 0 bridgehead atoms. The van der Waals surface area contributed by atoms with Crippen molar-refractivity contribution in [3.05, 3.63) is 173 Å². The van der Waals surface area contributed by atoms with Crippen molar-refractivity contribution >= 4 is 71.6 Å². The van der Waals surface area contributed by atoms with Crippen LogP contribution in [0.3, 0.4) is 0 Å². The van der Waals surface area contributed by atoms with E-state index in [2.05, 4.69) is 76.6 Å². The fourth-order valence-corrected chi connectivity index (χ4v) is 6.68. The van der Waals surface area contributed by atoms with E-state index in [1.54, 1.807) is 12.1 Å². The van der Waals surface area contributed by atoms with Crippen molar-refractivity contribution in [1.82, 2.24) is 0 Å². The Morgan fingerprint density at radius 1 is 0.423 bits per heavy atom. The molecule has 0 spiro atoms. The maximum Gasteiger partial charge on any atom is 0.488 e. The minimum Gasteiger partial charge on any atom is -0.423 e. The summed E-state index contributed by atoms with van der Waals surface area (Å²) in [6, 6.07) is 46.1. The molecule has 0 saturated heterocycles. The monoisotopic (exact) mass is 768 g/mol. The predicted molar refractivity (Wildman–Crippen MR) is 202 cm³/mol. The van der Waals surface area contributed by atoms with Crippen molar-refractivity contribution in [2.45, 2.75) is 12.4 Å². The summed E-state index contributed by atoms with van der Waals surface area (Å²) >= 11 is 3.68. The lowest BCUT2D eigenvalue weighted by Crippen LogP contribution is -2.29. The highest BCUT2D eigenvalue weighted by molar-refractivity contribution is 9.10. The van der Waals surface area contributed by atoms with Crippen LogP contribution in [0, 0.1) is 0 Å². The molecule has 8 aromatic rings. The van der Waals surface area contributed by atoms with E-state index >= 15 is 0 Å². The van der Waals surface area contributed by atoms with Gasteiger partial charge in [0.25, 0.3) is 0 Å². The second-order valence-corrected chi connectivity index (χ2v) is 12.7. The van der Waals surface area contributed by atoms with E-state index in [1.807, 2.05) is 48.5 Å². The van der Waals surface area contributed by atoms with Crippen molar-refractivity contribution in [2.24, 2.45) is 0 Å². The Hall–Kier alpha value is -5.16. The molecule has 0 aliphatic carbocycles. The lowest BCUT2D eigenvalue weighted by Gasteiger charge is -2.13. The zero-order chi connectivity index (χ0) is 37.0. The molecule has 2 N–H and O–H groups in total. The Bertz CT molecular complexity index is 2370. The van der Waals surface area contributed by atoms with Crippen molar-refractivity contribution < 1.29 is 36.4 Å². The number of fused-ring (bicyclic) bond motifs is 4. The molecule has 8 aromatic carbocycles. The maximum atomic E-state index is 12.8. The second-order valence-electron chi connectivity index (χ2n) is 11.9. The van der Waals surface area contributed by atoms with Gasteiger partial charge in [0.1, 0.15) is 0 Å². The van der Waals surface area contributed by atoms with Gasteiger partial charge in [0.05, 0.1) is 11.1 Å². The summed E-state index contributed by atoms with van der Waals surface area (Å²) < 4.78 is 75.7. The van der Waals surface area contributed by atoms with Gasteiger partial charge >= 0.3 is 19.5 Å². The molecule has 0 aromatic heterocycles. The van der Waals surface area contributed by atoms with Gasteiger partial charge < -0.3 is 10.0 Å². The molecule has 2 nitrogen and oxygen atoms in total. The molecule has 0 amide bonds. The van der Waals surface area contributed by atoms with Gasteiger partial charge in [-0.3, -0.25) is 0 Å². The third kappa shape index (κ3) is 8.15. The molecule has 8 rings (SSSR count). The summed E-state index contributed by atoms with van der Waals surface area (Å²) in [4.78, 5) is 0. The van der Waals surface area contributed by atoms with Gasteiger partial charge in [-0.1, -0.05) is 133 Å². The average molecular weight is 769 g/mol. The molecule has 0 radical (unpaired) electrons. The van der Waals surface area contributed by atoms with E-state index in [9.17, 15) is 26.3 Å². The van der Waals surface area contributed by atoms with Crippen molar-refractivity contribution in [3.63, 3.8) is 0 Å². The lowest BCUT2D eigenvalue weighted by molar-refractivity contribution is -0.138. The maximum absolute atomic E-state index is 12.8. The van der Waals surface area contributed by atoms with Gasteiger partial charge in [-0.25, -0.2) is 0 Å². The number of halogens is 7. The zero-order valence-electron chi connectivity index (χ0n) is 27.1. The molecule has 0 heterocycles.